The van der Waals surface area contributed by atoms with Crippen LogP contribution < -0.4 is 5.56 Å². The number of nitrogens with zero attached hydrogens (tertiary/aromatic N) is 3. The Morgan fingerprint density at radius 3 is 2.59 bits per heavy atom. The highest BCUT2D eigenvalue weighted by atomic mass is 16.1. The van der Waals surface area contributed by atoms with E-state index >= 15 is 0 Å². The number of rotatable bonds is 1. The fourth-order valence-corrected chi connectivity index (χ4v) is 1.51. The molecule has 17 heavy (non-hydrogen) atoms. The van der Waals surface area contributed by atoms with Crippen molar-refractivity contribution in [3.8, 4) is 11.3 Å². The highest BCUT2D eigenvalue weighted by Crippen LogP contribution is 2.20. The fourth-order valence-electron chi connectivity index (χ4n) is 1.51. The molecule has 0 aliphatic carbocycles. The third kappa shape index (κ3) is 2.43. The average molecular weight is 232 g/mol. The van der Waals surface area contributed by atoms with Gasteiger partial charge in [0, 0.05) is 30.3 Å². The van der Waals surface area contributed by atoms with Gasteiger partial charge in [-0.05, 0) is 0 Å². The molecule has 0 fully saturated rings. The van der Waals surface area contributed by atoms with E-state index in [2.05, 4.69) is 15.1 Å². The van der Waals surface area contributed by atoms with Crippen LogP contribution in [0.3, 0.4) is 0 Å². The summed E-state index contributed by atoms with van der Waals surface area (Å²) in [5, 5.41) is 4.08. The van der Waals surface area contributed by atoms with E-state index in [1.807, 2.05) is 34.0 Å². The van der Waals surface area contributed by atoms with Crippen molar-refractivity contribution in [2.45, 2.75) is 26.2 Å². The van der Waals surface area contributed by atoms with E-state index in [9.17, 15) is 4.79 Å². The van der Waals surface area contributed by atoms with Crippen LogP contribution in [0.4, 0.5) is 0 Å². The summed E-state index contributed by atoms with van der Waals surface area (Å²) in [4.78, 5) is 18.9. The molecule has 2 aromatic rings. The molecule has 5 nitrogen and oxygen atoms in total. The Labute approximate surface area is 99.5 Å². The lowest BCUT2D eigenvalue weighted by Gasteiger charge is -2.17. The summed E-state index contributed by atoms with van der Waals surface area (Å²) >= 11 is 0. The topological polar surface area (TPSA) is 63.6 Å². The smallest absolute Gasteiger partial charge is 0.251 e. The third-order valence-electron chi connectivity index (χ3n) is 2.45. The van der Waals surface area contributed by atoms with Crippen LogP contribution in [-0.2, 0) is 12.5 Å². The molecular weight excluding hydrogens is 216 g/mol. The van der Waals surface area contributed by atoms with Crippen molar-refractivity contribution in [2.24, 2.45) is 7.05 Å². The molecule has 0 aromatic carbocycles. The van der Waals surface area contributed by atoms with Gasteiger partial charge in [0.2, 0.25) is 0 Å². The normalized spacial score (nSPS) is 11.8. The van der Waals surface area contributed by atoms with E-state index in [0.29, 0.717) is 11.5 Å². The van der Waals surface area contributed by atoms with Crippen LogP contribution in [0, 0.1) is 0 Å². The number of hydrogen-bond donors (Lipinski definition) is 1. The minimum atomic E-state index is -0.183. The number of nitrogens with one attached hydrogen (secondary N) is 1. The number of aromatic nitrogens is 4. The van der Waals surface area contributed by atoms with Crippen LogP contribution in [0.15, 0.2) is 23.3 Å². The molecule has 0 amide bonds. The van der Waals surface area contributed by atoms with Crippen LogP contribution in [-0.4, -0.2) is 19.7 Å². The van der Waals surface area contributed by atoms with Crippen LogP contribution in [0.2, 0.25) is 0 Å². The Kier molecular flexibility index (Phi) is 2.61. The second-order valence-electron chi connectivity index (χ2n) is 5.13. The summed E-state index contributed by atoms with van der Waals surface area (Å²) in [7, 11) is 1.83. The standard InChI is InChI=1S/C12H16N4O/c1-12(2,3)11-14-9(5-10(17)15-11)8-6-13-16(4)7-8/h5-7H,1-4H3,(H,14,15,17). The van der Waals surface area contributed by atoms with E-state index in [1.54, 1.807) is 10.9 Å². The maximum absolute atomic E-state index is 11.6. The first-order chi connectivity index (χ1) is 7.86. The number of hydrogen-bond acceptors (Lipinski definition) is 3. The van der Waals surface area contributed by atoms with E-state index < -0.39 is 0 Å². The number of H-pyrrole nitrogens is 1. The first kappa shape index (κ1) is 11.6. The van der Waals surface area contributed by atoms with Crippen LogP contribution >= 0.6 is 0 Å². The van der Waals surface area contributed by atoms with Crippen molar-refractivity contribution in [1.29, 1.82) is 0 Å². The Morgan fingerprint density at radius 1 is 1.35 bits per heavy atom. The summed E-state index contributed by atoms with van der Waals surface area (Å²) in [5.41, 5.74) is 1.19. The van der Waals surface area contributed by atoms with Crippen LogP contribution in [0.25, 0.3) is 11.3 Å². The van der Waals surface area contributed by atoms with Crippen molar-refractivity contribution in [2.75, 3.05) is 0 Å². The van der Waals surface area contributed by atoms with E-state index in [-0.39, 0.29) is 11.0 Å². The highest BCUT2D eigenvalue weighted by Gasteiger charge is 2.18. The predicted octanol–water partition coefficient (Wildman–Crippen LogP) is 1.47. The first-order valence-electron chi connectivity index (χ1n) is 5.47. The Balaban J connectivity index is 2.57. The molecule has 2 aromatic heterocycles. The van der Waals surface area contributed by atoms with Gasteiger partial charge in [-0.3, -0.25) is 9.48 Å². The minimum Gasteiger partial charge on any atom is -0.310 e. The van der Waals surface area contributed by atoms with Gasteiger partial charge in [-0.1, -0.05) is 20.8 Å². The average Bonchev–Trinajstić information content (AvgIpc) is 2.62. The fraction of sp³-hybridized carbons (Fsp3) is 0.417. The van der Waals surface area contributed by atoms with E-state index in [0.717, 1.165) is 5.56 Å². The third-order valence-corrected chi connectivity index (χ3v) is 2.45. The summed E-state index contributed by atoms with van der Waals surface area (Å²) in [5.74, 6) is 0.684. The van der Waals surface area contributed by atoms with Gasteiger partial charge in [0.1, 0.15) is 5.82 Å². The molecule has 2 heterocycles. The molecule has 0 saturated heterocycles. The van der Waals surface area contributed by atoms with Gasteiger partial charge in [-0.25, -0.2) is 4.98 Å². The lowest BCUT2D eigenvalue weighted by molar-refractivity contribution is 0.543. The van der Waals surface area contributed by atoms with Crippen LogP contribution in [0.1, 0.15) is 26.6 Å². The second-order valence-corrected chi connectivity index (χ2v) is 5.13. The zero-order chi connectivity index (χ0) is 12.6. The lowest BCUT2D eigenvalue weighted by Crippen LogP contribution is -2.21. The van der Waals surface area contributed by atoms with Crippen molar-refractivity contribution >= 4 is 0 Å². The number of aromatic amines is 1. The molecule has 0 aliphatic rings. The van der Waals surface area contributed by atoms with Gasteiger partial charge in [0.15, 0.2) is 0 Å². The summed E-state index contributed by atoms with van der Waals surface area (Å²) in [6.45, 7) is 6.04. The molecule has 5 heteroatoms. The van der Waals surface area contributed by atoms with E-state index in [1.165, 1.54) is 6.07 Å². The van der Waals surface area contributed by atoms with Gasteiger partial charge in [0.25, 0.3) is 5.56 Å². The Hall–Kier alpha value is -1.91. The lowest BCUT2D eigenvalue weighted by atomic mass is 9.95. The zero-order valence-corrected chi connectivity index (χ0v) is 10.5. The minimum absolute atomic E-state index is 0.135. The van der Waals surface area contributed by atoms with Crippen LogP contribution in [0.5, 0.6) is 0 Å². The van der Waals surface area contributed by atoms with E-state index in [4.69, 9.17) is 0 Å². The molecule has 0 saturated carbocycles. The molecule has 0 unspecified atom stereocenters. The SMILES string of the molecule is Cn1cc(-c2cc(=O)[nH]c(C(C)(C)C)n2)cn1. The van der Waals surface area contributed by atoms with Crippen molar-refractivity contribution < 1.29 is 0 Å². The molecule has 90 valence electrons. The summed E-state index contributed by atoms with van der Waals surface area (Å²) < 4.78 is 1.69. The highest BCUT2D eigenvalue weighted by molar-refractivity contribution is 5.56. The van der Waals surface area contributed by atoms with Crippen molar-refractivity contribution in [3.63, 3.8) is 0 Å². The largest absolute Gasteiger partial charge is 0.310 e. The summed E-state index contributed by atoms with van der Waals surface area (Å²) in [6.07, 6.45) is 3.54. The molecule has 0 radical (unpaired) electrons. The molecule has 1 N–H and O–H groups in total. The molecule has 0 bridgehead atoms. The zero-order valence-electron chi connectivity index (χ0n) is 10.5. The second kappa shape index (κ2) is 3.84. The van der Waals surface area contributed by atoms with Gasteiger partial charge < -0.3 is 4.98 Å². The Morgan fingerprint density at radius 2 is 2.06 bits per heavy atom. The van der Waals surface area contributed by atoms with Crippen molar-refractivity contribution in [1.82, 2.24) is 19.7 Å². The molecule has 0 aliphatic heterocycles. The first-order valence-corrected chi connectivity index (χ1v) is 5.47. The maximum atomic E-state index is 11.6. The predicted molar refractivity (Wildman–Crippen MR) is 65.8 cm³/mol. The van der Waals surface area contributed by atoms with Gasteiger partial charge in [0.05, 0.1) is 11.9 Å². The molecule has 0 spiro atoms. The quantitative estimate of drug-likeness (QED) is 0.809. The Bertz CT molecular complexity index is 589. The monoisotopic (exact) mass is 232 g/mol. The van der Waals surface area contributed by atoms with Gasteiger partial charge >= 0.3 is 0 Å². The molecule has 2 rings (SSSR count). The molecule has 0 atom stereocenters. The molecular formula is C12H16N4O. The maximum Gasteiger partial charge on any atom is 0.251 e. The van der Waals surface area contributed by atoms with Gasteiger partial charge in [-0.15, -0.1) is 0 Å². The van der Waals surface area contributed by atoms with Crippen molar-refractivity contribution in [3.05, 3.63) is 34.6 Å². The van der Waals surface area contributed by atoms with Gasteiger partial charge in [-0.2, -0.15) is 5.10 Å². The summed E-state index contributed by atoms with van der Waals surface area (Å²) in [6, 6.07) is 1.49. The number of aryl methyl sites for hydroxylation is 1.